The zero-order valence-corrected chi connectivity index (χ0v) is 12.3. The monoisotopic (exact) mass is 292 g/mol. The Kier molecular flexibility index (Phi) is 3.20. The van der Waals surface area contributed by atoms with Crippen LogP contribution in [-0.4, -0.2) is 6.10 Å². The van der Waals surface area contributed by atoms with Gasteiger partial charge in [0.15, 0.2) is 0 Å². The number of hydrogen-bond acceptors (Lipinski definition) is 1. The fourth-order valence-electron chi connectivity index (χ4n) is 2.60. The maximum absolute atomic E-state index is 6.31. The topological polar surface area (TPSA) is 9.23 Å². The van der Waals surface area contributed by atoms with Crippen LogP contribution in [0.4, 0.5) is 0 Å². The molecular formula is C16H14Cl2O. The molecule has 19 heavy (non-hydrogen) atoms. The van der Waals surface area contributed by atoms with Gasteiger partial charge in [-0.05, 0) is 43.2 Å². The predicted octanol–water partition coefficient (Wildman–Crippen LogP) is 5.29. The minimum Gasteiger partial charge on any atom is -0.489 e. The molecule has 1 aliphatic heterocycles. The molecule has 2 aromatic carbocycles. The number of fused-ring (bicyclic) bond motifs is 1. The summed E-state index contributed by atoms with van der Waals surface area (Å²) in [7, 11) is 0. The van der Waals surface area contributed by atoms with Crippen LogP contribution >= 0.6 is 23.2 Å². The Bertz CT molecular complexity index is 649. The van der Waals surface area contributed by atoms with Crippen LogP contribution in [0.25, 0.3) is 11.1 Å². The molecule has 1 aliphatic rings. The summed E-state index contributed by atoms with van der Waals surface area (Å²) in [5.41, 5.74) is 4.51. The van der Waals surface area contributed by atoms with E-state index in [0.717, 1.165) is 23.3 Å². The van der Waals surface area contributed by atoms with Crippen molar-refractivity contribution in [2.75, 3.05) is 0 Å². The third-order valence-corrected chi connectivity index (χ3v) is 3.91. The van der Waals surface area contributed by atoms with E-state index in [2.05, 4.69) is 26.0 Å². The normalized spacial score (nSPS) is 17.2. The first-order valence-corrected chi connectivity index (χ1v) is 7.06. The van der Waals surface area contributed by atoms with Gasteiger partial charge in [-0.1, -0.05) is 35.3 Å². The molecule has 0 fully saturated rings. The number of halogens is 2. The van der Waals surface area contributed by atoms with E-state index in [4.69, 9.17) is 27.9 Å². The van der Waals surface area contributed by atoms with Gasteiger partial charge in [0, 0.05) is 22.6 Å². The van der Waals surface area contributed by atoms with Gasteiger partial charge in [0.25, 0.3) is 0 Å². The van der Waals surface area contributed by atoms with E-state index in [-0.39, 0.29) is 6.10 Å². The molecule has 1 nitrogen and oxygen atoms in total. The molecule has 1 unspecified atom stereocenters. The van der Waals surface area contributed by atoms with E-state index in [9.17, 15) is 0 Å². The van der Waals surface area contributed by atoms with E-state index < -0.39 is 0 Å². The molecule has 1 heterocycles. The summed E-state index contributed by atoms with van der Waals surface area (Å²) < 4.78 is 5.94. The number of ether oxygens (including phenoxy) is 1. The van der Waals surface area contributed by atoms with Crippen LogP contribution in [-0.2, 0) is 6.42 Å². The Morgan fingerprint density at radius 1 is 1.11 bits per heavy atom. The van der Waals surface area contributed by atoms with Gasteiger partial charge in [0.1, 0.15) is 11.9 Å². The molecule has 0 spiro atoms. The zero-order chi connectivity index (χ0) is 13.6. The highest BCUT2D eigenvalue weighted by Crippen LogP contribution is 2.42. The van der Waals surface area contributed by atoms with Gasteiger partial charge < -0.3 is 4.74 Å². The van der Waals surface area contributed by atoms with Crippen molar-refractivity contribution in [1.82, 2.24) is 0 Å². The van der Waals surface area contributed by atoms with Gasteiger partial charge in [0.2, 0.25) is 0 Å². The molecule has 1 atom stereocenters. The van der Waals surface area contributed by atoms with Crippen LogP contribution in [0.1, 0.15) is 18.1 Å². The Labute approximate surface area is 123 Å². The fraction of sp³-hybridized carbons (Fsp3) is 0.250. The molecule has 3 heteroatoms. The van der Waals surface area contributed by atoms with E-state index in [1.807, 2.05) is 12.1 Å². The largest absolute Gasteiger partial charge is 0.489 e. The molecule has 3 rings (SSSR count). The second kappa shape index (κ2) is 4.73. The molecule has 0 N–H and O–H groups in total. The first kappa shape index (κ1) is 12.8. The first-order chi connectivity index (χ1) is 9.04. The highest BCUT2D eigenvalue weighted by molar-refractivity contribution is 6.36. The van der Waals surface area contributed by atoms with Crippen LogP contribution in [0, 0.1) is 6.92 Å². The van der Waals surface area contributed by atoms with E-state index >= 15 is 0 Å². The molecule has 0 saturated carbocycles. The van der Waals surface area contributed by atoms with Crippen molar-refractivity contribution < 1.29 is 4.74 Å². The van der Waals surface area contributed by atoms with Crippen molar-refractivity contribution in [3.8, 4) is 16.9 Å². The molecule has 2 aromatic rings. The van der Waals surface area contributed by atoms with E-state index in [0.29, 0.717) is 10.0 Å². The lowest BCUT2D eigenvalue weighted by Gasteiger charge is -2.12. The maximum Gasteiger partial charge on any atom is 0.130 e. The summed E-state index contributed by atoms with van der Waals surface area (Å²) in [6.07, 6.45) is 1.18. The molecule has 98 valence electrons. The Balaban J connectivity index is 2.21. The van der Waals surface area contributed by atoms with Gasteiger partial charge in [-0.3, -0.25) is 0 Å². The van der Waals surface area contributed by atoms with Crippen LogP contribution in [0.15, 0.2) is 30.3 Å². The molecule has 0 radical (unpaired) electrons. The number of benzene rings is 2. The van der Waals surface area contributed by atoms with Crippen LogP contribution in [0.5, 0.6) is 5.75 Å². The maximum atomic E-state index is 6.31. The lowest BCUT2D eigenvalue weighted by Crippen LogP contribution is -2.05. The second-order valence-electron chi connectivity index (χ2n) is 5.06. The van der Waals surface area contributed by atoms with E-state index in [1.165, 1.54) is 11.1 Å². The minimum absolute atomic E-state index is 0.224. The highest BCUT2D eigenvalue weighted by atomic mass is 35.5. The van der Waals surface area contributed by atoms with Crippen LogP contribution in [0.2, 0.25) is 10.0 Å². The summed E-state index contributed by atoms with van der Waals surface area (Å²) in [5, 5.41) is 1.30. The number of hydrogen-bond donors (Lipinski definition) is 0. The smallest absolute Gasteiger partial charge is 0.130 e. The average molecular weight is 293 g/mol. The van der Waals surface area contributed by atoms with Crippen molar-refractivity contribution in [2.45, 2.75) is 26.4 Å². The van der Waals surface area contributed by atoms with Gasteiger partial charge in [0.05, 0.1) is 5.02 Å². The summed E-state index contributed by atoms with van der Waals surface area (Å²) in [6, 6.07) is 9.88. The average Bonchev–Trinajstić information content (AvgIpc) is 2.68. The Hall–Kier alpha value is -1.18. The Morgan fingerprint density at radius 3 is 2.63 bits per heavy atom. The van der Waals surface area contributed by atoms with Gasteiger partial charge in [-0.15, -0.1) is 0 Å². The summed E-state index contributed by atoms with van der Waals surface area (Å²) in [5.74, 6) is 0.960. The summed E-state index contributed by atoms with van der Waals surface area (Å²) in [4.78, 5) is 0. The fourth-order valence-corrected chi connectivity index (χ4v) is 3.11. The number of aryl methyl sites for hydroxylation is 1. The standard InChI is InChI=1S/C16H14Cl2O/c1-9-5-11-7-10(2)19-16(11)14(6-9)13-4-3-12(17)8-15(13)18/h3-6,8,10H,7H2,1-2H3. The molecule has 0 aliphatic carbocycles. The molecule has 0 amide bonds. The van der Waals surface area contributed by atoms with Crippen molar-refractivity contribution >= 4 is 23.2 Å². The van der Waals surface area contributed by atoms with Crippen molar-refractivity contribution in [3.63, 3.8) is 0 Å². The zero-order valence-electron chi connectivity index (χ0n) is 10.8. The lowest BCUT2D eigenvalue weighted by atomic mass is 9.98. The van der Waals surface area contributed by atoms with Gasteiger partial charge in [-0.2, -0.15) is 0 Å². The Morgan fingerprint density at radius 2 is 1.89 bits per heavy atom. The predicted molar refractivity (Wildman–Crippen MR) is 80.4 cm³/mol. The van der Waals surface area contributed by atoms with Crippen LogP contribution < -0.4 is 4.74 Å². The minimum atomic E-state index is 0.224. The third kappa shape index (κ3) is 2.33. The van der Waals surface area contributed by atoms with Gasteiger partial charge >= 0.3 is 0 Å². The third-order valence-electron chi connectivity index (χ3n) is 3.36. The lowest BCUT2D eigenvalue weighted by molar-refractivity contribution is 0.255. The van der Waals surface area contributed by atoms with Crippen molar-refractivity contribution in [2.24, 2.45) is 0 Å². The first-order valence-electron chi connectivity index (χ1n) is 6.30. The van der Waals surface area contributed by atoms with Gasteiger partial charge in [-0.25, -0.2) is 0 Å². The van der Waals surface area contributed by atoms with Crippen molar-refractivity contribution in [3.05, 3.63) is 51.5 Å². The second-order valence-corrected chi connectivity index (χ2v) is 5.90. The SMILES string of the molecule is Cc1cc2c(c(-c3ccc(Cl)cc3Cl)c1)OC(C)C2. The quantitative estimate of drug-likeness (QED) is 0.694. The summed E-state index contributed by atoms with van der Waals surface area (Å²) >= 11 is 12.3. The number of rotatable bonds is 1. The van der Waals surface area contributed by atoms with E-state index in [1.54, 1.807) is 6.07 Å². The highest BCUT2D eigenvalue weighted by Gasteiger charge is 2.24. The molecule has 0 bridgehead atoms. The van der Waals surface area contributed by atoms with Crippen LogP contribution in [0.3, 0.4) is 0 Å². The molecule has 0 saturated heterocycles. The van der Waals surface area contributed by atoms with Crippen molar-refractivity contribution in [1.29, 1.82) is 0 Å². The summed E-state index contributed by atoms with van der Waals surface area (Å²) in [6.45, 7) is 4.18. The molecular weight excluding hydrogens is 279 g/mol. The molecule has 0 aromatic heterocycles.